The van der Waals surface area contributed by atoms with Gasteiger partial charge in [-0.15, -0.1) is 11.3 Å². The minimum atomic E-state index is -0.174. The molecular formula is C18H14N4OS. The molecule has 0 radical (unpaired) electrons. The van der Waals surface area contributed by atoms with E-state index in [0.717, 1.165) is 27.0 Å². The Morgan fingerprint density at radius 3 is 2.79 bits per heavy atom. The zero-order valence-electron chi connectivity index (χ0n) is 13.2. The third-order valence-corrected chi connectivity index (χ3v) is 4.85. The number of benzene rings is 1. The summed E-state index contributed by atoms with van der Waals surface area (Å²) < 4.78 is 1.85. The minimum absolute atomic E-state index is 0.174. The largest absolute Gasteiger partial charge is 0.291 e. The van der Waals surface area contributed by atoms with E-state index in [1.54, 1.807) is 6.21 Å². The highest BCUT2D eigenvalue weighted by Gasteiger charge is 2.14. The first-order valence-electron chi connectivity index (χ1n) is 7.51. The van der Waals surface area contributed by atoms with E-state index in [9.17, 15) is 4.79 Å². The molecule has 0 unspecified atom stereocenters. The molecule has 6 heteroatoms. The minimum Gasteiger partial charge on any atom is -0.266 e. The van der Waals surface area contributed by atoms with Crippen LogP contribution in [0, 0.1) is 13.8 Å². The maximum Gasteiger partial charge on any atom is 0.291 e. The molecule has 0 spiro atoms. The Morgan fingerprint density at radius 1 is 1.21 bits per heavy atom. The Labute approximate surface area is 141 Å². The lowest BCUT2D eigenvalue weighted by Crippen LogP contribution is -2.15. The number of aryl methyl sites for hydroxylation is 2. The van der Waals surface area contributed by atoms with E-state index in [2.05, 4.69) is 15.1 Å². The van der Waals surface area contributed by atoms with Crippen LogP contribution < -0.4 is 5.56 Å². The highest BCUT2D eigenvalue weighted by molar-refractivity contribution is 7.25. The first kappa shape index (κ1) is 14.7. The van der Waals surface area contributed by atoms with Gasteiger partial charge < -0.3 is 0 Å². The summed E-state index contributed by atoms with van der Waals surface area (Å²) in [6.45, 7) is 3.97. The molecular weight excluding hydrogens is 320 g/mol. The van der Waals surface area contributed by atoms with Crippen molar-refractivity contribution in [1.82, 2.24) is 14.6 Å². The van der Waals surface area contributed by atoms with E-state index in [1.807, 2.05) is 50.2 Å². The second-order valence-corrected chi connectivity index (χ2v) is 6.59. The topological polar surface area (TPSA) is 60.1 Å². The third-order valence-electron chi connectivity index (χ3n) is 3.79. The van der Waals surface area contributed by atoms with Crippen molar-refractivity contribution in [3.63, 3.8) is 0 Å². The van der Waals surface area contributed by atoms with Crippen molar-refractivity contribution in [1.29, 1.82) is 0 Å². The van der Waals surface area contributed by atoms with E-state index in [1.165, 1.54) is 22.3 Å². The summed E-state index contributed by atoms with van der Waals surface area (Å²) in [5.41, 5.74) is 3.48. The van der Waals surface area contributed by atoms with Crippen LogP contribution in [0.4, 0.5) is 0 Å². The molecule has 0 aliphatic rings. The maximum absolute atomic E-state index is 12.7. The molecule has 0 fully saturated rings. The Morgan fingerprint density at radius 2 is 2.00 bits per heavy atom. The first-order valence-corrected chi connectivity index (χ1v) is 8.32. The molecule has 24 heavy (non-hydrogen) atoms. The standard InChI is InChI=1S/C18H14N4OS/c1-11-8-12(2)21-17-14(11)15-16(24-17)18(23)22(10-19-15)20-9-13-6-4-3-5-7-13/h3-10H,1-2H3/b20-9-. The van der Waals surface area contributed by atoms with Gasteiger partial charge in [-0.2, -0.15) is 9.78 Å². The van der Waals surface area contributed by atoms with Crippen LogP contribution in [0.25, 0.3) is 20.4 Å². The average molecular weight is 334 g/mol. The highest BCUT2D eigenvalue weighted by Crippen LogP contribution is 2.31. The SMILES string of the molecule is Cc1cc(C)c2c(n1)sc1c(=O)n(/N=C\c3ccccc3)cnc12. The van der Waals surface area contributed by atoms with Crippen molar-refractivity contribution in [2.45, 2.75) is 13.8 Å². The van der Waals surface area contributed by atoms with Crippen LogP contribution in [0.1, 0.15) is 16.8 Å². The number of pyridine rings is 1. The zero-order chi connectivity index (χ0) is 16.7. The molecule has 0 N–H and O–H groups in total. The highest BCUT2D eigenvalue weighted by atomic mass is 32.1. The van der Waals surface area contributed by atoms with Crippen molar-refractivity contribution in [2.75, 3.05) is 0 Å². The van der Waals surface area contributed by atoms with E-state index in [-0.39, 0.29) is 5.56 Å². The molecule has 4 aromatic rings. The van der Waals surface area contributed by atoms with Gasteiger partial charge >= 0.3 is 0 Å². The van der Waals surface area contributed by atoms with Gasteiger partial charge in [0.25, 0.3) is 5.56 Å². The van der Waals surface area contributed by atoms with Gasteiger partial charge in [0.15, 0.2) is 0 Å². The summed E-state index contributed by atoms with van der Waals surface area (Å²) in [6.07, 6.45) is 3.12. The summed E-state index contributed by atoms with van der Waals surface area (Å²) in [4.78, 5) is 22.5. The second kappa shape index (κ2) is 5.65. The van der Waals surface area contributed by atoms with Crippen LogP contribution in [0.2, 0.25) is 0 Å². The predicted molar refractivity (Wildman–Crippen MR) is 98.1 cm³/mol. The van der Waals surface area contributed by atoms with Gasteiger partial charge in [-0.05, 0) is 31.0 Å². The molecule has 0 amide bonds. The molecule has 0 saturated carbocycles. The lowest BCUT2D eigenvalue weighted by atomic mass is 10.1. The number of aromatic nitrogens is 3. The van der Waals surface area contributed by atoms with Crippen LogP contribution >= 0.6 is 11.3 Å². The number of nitrogens with zero attached hydrogens (tertiary/aromatic N) is 4. The molecule has 0 aliphatic heterocycles. The molecule has 0 bridgehead atoms. The maximum atomic E-state index is 12.7. The number of thiophene rings is 1. The fraction of sp³-hybridized carbons (Fsp3) is 0.111. The van der Waals surface area contributed by atoms with Crippen LogP contribution in [0.15, 0.2) is 52.6 Å². The van der Waals surface area contributed by atoms with E-state index < -0.39 is 0 Å². The van der Waals surface area contributed by atoms with Gasteiger partial charge in [0, 0.05) is 11.1 Å². The predicted octanol–water partition coefficient (Wildman–Crippen LogP) is 3.51. The van der Waals surface area contributed by atoms with E-state index in [4.69, 9.17) is 0 Å². The van der Waals surface area contributed by atoms with Gasteiger partial charge in [-0.25, -0.2) is 9.97 Å². The van der Waals surface area contributed by atoms with Gasteiger partial charge in [0.1, 0.15) is 15.9 Å². The summed E-state index contributed by atoms with van der Waals surface area (Å²) in [6, 6.07) is 11.6. The molecule has 4 rings (SSSR count). The fourth-order valence-corrected chi connectivity index (χ4v) is 3.89. The van der Waals surface area contributed by atoms with Crippen LogP contribution in [-0.2, 0) is 0 Å². The summed E-state index contributed by atoms with van der Waals surface area (Å²) >= 11 is 1.37. The van der Waals surface area contributed by atoms with Gasteiger partial charge in [0.05, 0.1) is 11.7 Å². The Bertz CT molecular complexity index is 1140. The monoisotopic (exact) mass is 334 g/mol. The molecule has 118 valence electrons. The van der Waals surface area contributed by atoms with Crippen molar-refractivity contribution >= 4 is 38.0 Å². The van der Waals surface area contributed by atoms with E-state index in [0.29, 0.717) is 10.2 Å². The molecule has 0 atom stereocenters. The molecule has 1 aromatic carbocycles. The number of rotatable bonds is 2. The van der Waals surface area contributed by atoms with Crippen LogP contribution in [-0.4, -0.2) is 20.9 Å². The first-order chi connectivity index (χ1) is 11.6. The smallest absolute Gasteiger partial charge is 0.266 e. The van der Waals surface area contributed by atoms with Crippen LogP contribution in [0.3, 0.4) is 0 Å². The second-order valence-electron chi connectivity index (χ2n) is 5.59. The summed E-state index contributed by atoms with van der Waals surface area (Å²) in [5.74, 6) is 0. The Balaban J connectivity index is 1.90. The summed E-state index contributed by atoms with van der Waals surface area (Å²) in [5, 5.41) is 5.19. The van der Waals surface area contributed by atoms with Crippen molar-refractivity contribution in [3.8, 4) is 0 Å². The number of hydrogen-bond donors (Lipinski definition) is 0. The van der Waals surface area contributed by atoms with Gasteiger partial charge in [-0.1, -0.05) is 30.3 Å². The fourth-order valence-electron chi connectivity index (χ4n) is 2.71. The lowest BCUT2D eigenvalue weighted by molar-refractivity contribution is 0.819. The zero-order valence-corrected chi connectivity index (χ0v) is 14.0. The Hall–Kier alpha value is -2.86. The lowest BCUT2D eigenvalue weighted by Gasteiger charge is -1.99. The van der Waals surface area contributed by atoms with Crippen LogP contribution in [0.5, 0.6) is 0 Å². The number of fused-ring (bicyclic) bond motifs is 3. The molecule has 3 aromatic heterocycles. The van der Waals surface area contributed by atoms with E-state index >= 15 is 0 Å². The normalized spacial score (nSPS) is 11.8. The quantitative estimate of drug-likeness (QED) is 0.527. The molecule has 0 saturated heterocycles. The van der Waals surface area contributed by atoms with Crippen molar-refractivity contribution in [3.05, 3.63) is 69.9 Å². The number of hydrogen-bond acceptors (Lipinski definition) is 5. The molecule has 5 nitrogen and oxygen atoms in total. The Kier molecular flexibility index (Phi) is 3.46. The molecule has 0 aliphatic carbocycles. The average Bonchev–Trinajstić information content (AvgIpc) is 2.94. The van der Waals surface area contributed by atoms with Crippen molar-refractivity contribution in [2.24, 2.45) is 5.10 Å². The molecule has 3 heterocycles. The summed E-state index contributed by atoms with van der Waals surface area (Å²) in [7, 11) is 0. The van der Waals surface area contributed by atoms with Gasteiger partial charge in [-0.3, -0.25) is 4.79 Å². The van der Waals surface area contributed by atoms with Crippen molar-refractivity contribution < 1.29 is 0 Å². The third kappa shape index (κ3) is 2.41. The van der Waals surface area contributed by atoms with Gasteiger partial charge in [0.2, 0.25) is 0 Å².